The van der Waals surface area contributed by atoms with Crippen LogP contribution in [-0.2, 0) is 32.1 Å². The molecule has 3 amide bonds. The molecular weight excluding hydrogens is 518 g/mol. The summed E-state index contributed by atoms with van der Waals surface area (Å²) in [5.74, 6) is -0.645. The first-order valence-corrected chi connectivity index (χ1v) is 14.2. The summed E-state index contributed by atoms with van der Waals surface area (Å²) in [4.78, 5) is 51.3. The molecule has 1 unspecified atom stereocenters. The van der Waals surface area contributed by atoms with Gasteiger partial charge in [-0.2, -0.15) is 0 Å². The fourth-order valence-corrected chi connectivity index (χ4v) is 4.72. The van der Waals surface area contributed by atoms with Crippen LogP contribution in [0.2, 0.25) is 0 Å². The lowest BCUT2D eigenvalue weighted by molar-refractivity contribution is -0.131. The van der Waals surface area contributed by atoms with E-state index in [1.807, 2.05) is 100 Å². The van der Waals surface area contributed by atoms with E-state index in [1.165, 1.54) is 0 Å². The van der Waals surface area contributed by atoms with Gasteiger partial charge < -0.3 is 25.5 Å². The number of nitrogens with one attached hydrogen (secondary N) is 3. The highest BCUT2D eigenvalue weighted by Crippen LogP contribution is 2.20. The summed E-state index contributed by atoms with van der Waals surface area (Å²) in [5.41, 5.74) is 1.69. The Balaban J connectivity index is 1.81. The minimum atomic E-state index is -1.01. The summed E-state index contributed by atoms with van der Waals surface area (Å²) >= 11 is 0. The number of rotatable bonds is 14. The Morgan fingerprint density at radius 3 is 2.05 bits per heavy atom. The van der Waals surface area contributed by atoms with Crippen molar-refractivity contribution in [3.63, 3.8) is 0 Å². The second-order valence-corrected chi connectivity index (χ2v) is 11.2. The zero-order valence-corrected chi connectivity index (χ0v) is 24.3. The van der Waals surface area contributed by atoms with Crippen LogP contribution in [0.4, 0.5) is 4.79 Å². The summed E-state index contributed by atoms with van der Waals surface area (Å²) < 4.78 is 5.41. The van der Waals surface area contributed by atoms with Crippen LogP contribution in [0.25, 0.3) is 10.8 Å². The number of ether oxygens (including phenoxy) is 1. The number of alkyl carbamates (subject to hydrolysis) is 1. The van der Waals surface area contributed by atoms with Crippen molar-refractivity contribution in [1.29, 1.82) is 0 Å². The van der Waals surface area contributed by atoms with Gasteiger partial charge in [0.1, 0.15) is 25.0 Å². The molecule has 0 aliphatic carbocycles. The summed E-state index contributed by atoms with van der Waals surface area (Å²) in [6.45, 7) is 7.89. The number of aldehydes is 1. The van der Waals surface area contributed by atoms with Crippen molar-refractivity contribution < 1.29 is 23.9 Å². The minimum Gasteiger partial charge on any atom is -0.445 e. The molecule has 3 rings (SSSR count). The molecule has 41 heavy (non-hydrogen) atoms. The van der Waals surface area contributed by atoms with Gasteiger partial charge in [0, 0.05) is 6.42 Å². The van der Waals surface area contributed by atoms with E-state index < -0.39 is 36.0 Å². The van der Waals surface area contributed by atoms with Gasteiger partial charge >= 0.3 is 6.09 Å². The van der Waals surface area contributed by atoms with Crippen molar-refractivity contribution >= 4 is 35.0 Å². The molecular formula is C33H41N3O5. The van der Waals surface area contributed by atoms with Crippen molar-refractivity contribution in [1.82, 2.24) is 16.0 Å². The average molecular weight is 560 g/mol. The Labute approximate surface area is 242 Å². The fourth-order valence-electron chi connectivity index (χ4n) is 4.72. The Kier molecular flexibility index (Phi) is 11.9. The normalized spacial score (nSPS) is 13.3. The first-order valence-electron chi connectivity index (χ1n) is 14.2. The van der Waals surface area contributed by atoms with E-state index in [0.29, 0.717) is 12.8 Å². The second kappa shape index (κ2) is 15.6. The molecule has 0 fully saturated rings. The highest BCUT2D eigenvalue weighted by molar-refractivity contribution is 5.93. The van der Waals surface area contributed by atoms with E-state index in [2.05, 4.69) is 16.0 Å². The maximum absolute atomic E-state index is 13.7. The van der Waals surface area contributed by atoms with Gasteiger partial charge in [-0.3, -0.25) is 9.59 Å². The van der Waals surface area contributed by atoms with Crippen molar-refractivity contribution in [3.05, 3.63) is 83.9 Å². The average Bonchev–Trinajstić information content (AvgIpc) is 2.95. The number of fused-ring (bicyclic) bond motifs is 1. The second-order valence-electron chi connectivity index (χ2n) is 11.2. The van der Waals surface area contributed by atoms with E-state index in [9.17, 15) is 19.2 Å². The Morgan fingerprint density at radius 2 is 1.37 bits per heavy atom. The van der Waals surface area contributed by atoms with E-state index in [1.54, 1.807) is 0 Å². The molecule has 3 N–H and O–H groups in total. The zero-order chi connectivity index (χ0) is 29.8. The monoisotopic (exact) mass is 559 g/mol. The number of benzene rings is 3. The standard InChI is InChI=1S/C33H41N3O5/c1-22(2)17-27(20-37)34-31(38)29(18-23(3)4)35-32(39)30(36-33(40)41-21-24-11-6-5-7-12-24)19-26-15-10-14-25-13-8-9-16-28(25)26/h5-16,20,22-23,27,29-30H,17-19,21H2,1-4H3,(H,34,38)(H,35,39)(H,36,40)/t27-,29?,30-/m0/s1. The molecule has 3 atom stereocenters. The maximum Gasteiger partial charge on any atom is 0.408 e. The molecule has 8 heteroatoms. The number of amides is 3. The molecule has 0 saturated heterocycles. The van der Waals surface area contributed by atoms with Gasteiger partial charge in [0.25, 0.3) is 0 Å². The lowest BCUT2D eigenvalue weighted by Gasteiger charge is -2.26. The quantitative estimate of drug-likeness (QED) is 0.242. The molecule has 0 aliphatic rings. The number of carbonyl (C=O) groups excluding carboxylic acids is 4. The third kappa shape index (κ3) is 10.0. The molecule has 0 aliphatic heterocycles. The summed E-state index contributed by atoms with van der Waals surface area (Å²) in [6, 6.07) is 20.3. The topological polar surface area (TPSA) is 114 Å². The molecule has 0 bridgehead atoms. The molecule has 3 aromatic rings. The fraction of sp³-hybridized carbons (Fsp3) is 0.394. The zero-order valence-electron chi connectivity index (χ0n) is 24.3. The molecule has 3 aromatic carbocycles. The van der Waals surface area contributed by atoms with Crippen LogP contribution in [0.1, 0.15) is 51.7 Å². The highest BCUT2D eigenvalue weighted by atomic mass is 16.5. The van der Waals surface area contributed by atoms with Gasteiger partial charge in [-0.1, -0.05) is 100 Å². The van der Waals surface area contributed by atoms with Gasteiger partial charge in [0.15, 0.2) is 0 Å². The third-order valence-corrected chi connectivity index (χ3v) is 6.68. The van der Waals surface area contributed by atoms with Crippen LogP contribution in [-0.4, -0.2) is 42.3 Å². The smallest absolute Gasteiger partial charge is 0.408 e. The van der Waals surface area contributed by atoms with Crippen LogP contribution in [0.3, 0.4) is 0 Å². The van der Waals surface area contributed by atoms with Crippen LogP contribution >= 0.6 is 0 Å². The molecule has 218 valence electrons. The van der Waals surface area contributed by atoms with Crippen LogP contribution in [0, 0.1) is 11.8 Å². The molecule has 0 heterocycles. The Hall–Kier alpha value is -4.20. The summed E-state index contributed by atoms with van der Waals surface area (Å²) in [7, 11) is 0. The summed E-state index contributed by atoms with van der Waals surface area (Å²) in [5, 5.41) is 10.3. The van der Waals surface area contributed by atoms with Crippen molar-refractivity contribution in [2.75, 3.05) is 0 Å². The minimum absolute atomic E-state index is 0.0522. The van der Waals surface area contributed by atoms with E-state index in [-0.39, 0.29) is 24.9 Å². The Morgan fingerprint density at radius 1 is 0.732 bits per heavy atom. The van der Waals surface area contributed by atoms with Crippen molar-refractivity contribution in [3.8, 4) is 0 Å². The number of hydrogen-bond donors (Lipinski definition) is 3. The molecule has 8 nitrogen and oxygen atoms in total. The molecule has 0 saturated carbocycles. The SMILES string of the molecule is CC(C)CC(NC(=O)[C@H](Cc1cccc2ccccc12)NC(=O)OCc1ccccc1)C(=O)N[C@H](C=O)CC(C)C. The largest absolute Gasteiger partial charge is 0.445 e. The van der Waals surface area contributed by atoms with Crippen LogP contribution in [0.5, 0.6) is 0 Å². The predicted octanol–water partition coefficient (Wildman–Crippen LogP) is 4.94. The number of hydrogen-bond acceptors (Lipinski definition) is 5. The van der Waals surface area contributed by atoms with Crippen LogP contribution < -0.4 is 16.0 Å². The third-order valence-electron chi connectivity index (χ3n) is 6.68. The predicted molar refractivity (Wildman–Crippen MR) is 160 cm³/mol. The first-order chi connectivity index (χ1) is 19.7. The first kappa shape index (κ1) is 31.3. The van der Waals surface area contributed by atoms with Gasteiger partial charge in [0.2, 0.25) is 11.8 Å². The lowest BCUT2D eigenvalue weighted by atomic mass is 9.97. The van der Waals surface area contributed by atoms with E-state index in [4.69, 9.17) is 4.74 Å². The lowest BCUT2D eigenvalue weighted by Crippen LogP contribution is -2.56. The Bertz CT molecular complexity index is 1300. The molecule has 0 spiro atoms. The van der Waals surface area contributed by atoms with Gasteiger partial charge in [-0.05, 0) is 46.6 Å². The van der Waals surface area contributed by atoms with Crippen LogP contribution in [0.15, 0.2) is 72.8 Å². The van der Waals surface area contributed by atoms with Gasteiger partial charge in [0.05, 0.1) is 6.04 Å². The van der Waals surface area contributed by atoms with Crippen molar-refractivity contribution in [2.24, 2.45) is 11.8 Å². The van der Waals surface area contributed by atoms with Gasteiger partial charge in [-0.15, -0.1) is 0 Å². The molecule has 0 radical (unpaired) electrons. The van der Waals surface area contributed by atoms with E-state index in [0.717, 1.165) is 28.2 Å². The van der Waals surface area contributed by atoms with Crippen molar-refractivity contribution in [2.45, 2.75) is 71.7 Å². The maximum atomic E-state index is 13.7. The summed E-state index contributed by atoms with van der Waals surface area (Å²) in [6.07, 6.45) is 1.03. The van der Waals surface area contributed by atoms with E-state index >= 15 is 0 Å². The highest BCUT2D eigenvalue weighted by Gasteiger charge is 2.29. The van der Waals surface area contributed by atoms with Gasteiger partial charge in [-0.25, -0.2) is 4.79 Å². The molecule has 0 aromatic heterocycles. The number of carbonyl (C=O) groups is 4.